The number of nitrogens with one attached hydrogen (secondary N) is 2. The summed E-state index contributed by atoms with van der Waals surface area (Å²) >= 11 is 7.27. The molecule has 0 saturated carbocycles. The van der Waals surface area contributed by atoms with Gasteiger partial charge < -0.3 is 10.6 Å². The number of aromatic nitrogens is 2. The molecule has 2 aromatic rings. The first-order chi connectivity index (χ1) is 8.69. The molecule has 0 unspecified atom stereocenters. The molecule has 2 N–H and O–H groups in total. The number of hydrogen-bond donors (Lipinski definition) is 2. The Balaban J connectivity index is 2.05. The van der Waals surface area contributed by atoms with Crippen LogP contribution in [0.3, 0.4) is 0 Å². The summed E-state index contributed by atoms with van der Waals surface area (Å²) in [7, 11) is 0. The van der Waals surface area contributed by atoms with Crippen LogP contribution in [0.25, 0.3) is 0 Å². The fourth-order valence-corrected chi connectivity index (χ4v) is 2.38. The average Bonchev–Trinajstić information content (AvgIpc) is 2.76. The Hall–Kier alpha value is -1.40. The van der Waals surface area contributed by atoms with Crippen molar-refractivity contribution < 1.29 is 4.39 Å². The van der Waals surface area contributed by atoms with Crippen LogP contribution in [0.1, 0.15) is 11.8 Å². The van der Waals surface area contributed by atoms with E-state index in [9.17, 15) is 4.39 Å². The Morgan fingerprint density at radius 1 is 1.39 bits per heavy atom. The van der Waals surface area contributed by atoms with Crippen molar-refractivity contribution in [3.63, 3.8) is 0 Å². The summed E-state index contributed by atoms with van der Waals surface area (Å²) in [5.74, 6) is 0.121. The Morgan fingerprint density at radius 3 is 2.89 bits per heavy atom. The van der Waals surface area contributed by atoms with Crippen LogP contribution in [0.5, 0.6) is 0 Å². The predicted octanol–water partition coefficient (Wildman–Crippen LogP) is 3.37. The molecule has 2 heterocycles. The second-order valence-electron chi connectivity index (χ2n) is 3.48. The van der Waals surface area contributed by atoms with Gasteiger partial charge in [-0.2, -0.15) is 4.98 Å². The standard InChI is InChI=1S/C11H12ClFN4S/c1-2-14-11-16-6-8(13)10(17-11)15-5-7-3-4-9(12)18-7/h3-4,6H,2,5H2,1H3,(H2,14,15,16,17). The Bertz CT molecular complexity index is 532. The number of rotatable bonds is 5. The van der Waals surface area contributed by atoms with Crippen LogP contribution in [-0.4, -0.2) is 16.5 Å². The molecule has 0 aliphatic carbocycles. The fourth-order valence-electron chi connectivity index (χ4n) is 1.35. The Morgan fingerprint density at radius 2 is 2.22 bits per heavy atom. The van der Waals surface area contributed by atoms with Crippen molar-refractivity contribution in [1.29, 1.82) is 0 Å². The van der Waals surface area contributed by atoms with E-state index in [0.717, 1.165) is 11.1 Å². The van der Waals surface area contributed by atoms with Gasteiger partial charge in [0.1, 0.15) is 0 Å². The quantitative estimate of drug-likeness (QED) is 0.885. The molecular weight excluding hydrogens is 275 g/mol. The molecular formula is C11H12ClFN4S. The van der Waals surface area contributed by atoms with E-state index in [0.29, 0.717) is 23.4 Å². The third-order valence-electron chi connectivity index (χ3n) is 2.14. The van der Waals surface area contributed by atoms with Crippen molar-refractivity contribution in [2.24, 2.45) is 0 Å². The van der Waals surface area contributed by atoms with Crippen LogP contribution in [-0.2, 0) is 6.54 Å². The average molecular weight is 287 g/mol. The zero-order chi connectivity index (χ0) is 13.0. The smallest absolute Gasteiger partial charge is 0.224 e. The lowest BCUT2D eigenvalue weighted by Gasteiger charge is -2.07. The van der Waals surface area contributed by atoms with Crippen molar-refractivity contribution in [1.82, 2.24) is 9.97 Å². The largest absolute Gasteiger partial charge is 0.363 e. The Kier molecular flexibility index (Phi) is 4.33. The highest BCUT2D eigenvalue weighted by molar-refractivity contribution is 7.16. The predicted molar refractivity (Wildman–Crippen MR) is 72.8 cm³/mol. The van der Waals surface area contributed by atoms with E-state index < -0.39 is 5.82 Å². The summed E-state index contributed by atoms with van der Waals surface area (Å²) in [6, 6.07) is 3.70. The van der Waals surface area contributed by atoms with Gasteiger partial charge in [-0.25, -0.2) is 9.37 Å². The van der Waals surface area contributed by atoms with E-state index in [1.807, 2.05) is 19.1 Å². The van der Waals surface area contributed by atoms with Gasteiger partial charge in [0.05, 0.1) is 17.1 Å². The number of nitrogens with zero attached hydrogens (tertiary/aromatic N) is 2. The molecule has 0 saturated heterocycles. The molecule has 96 valence electrons. The topological polar surface area (TPSA) is 49.8 Å². The van der Waals surface area contributed by atoms with E-state index in [2.05, 4.69) is 20.6 Å². The normalized spacial score (nSPS) is 10.4. The van der Waals surface area contributed by atoms with Crippen LogP contribution in [0.2, 0.25) is 4.34 Å². The maximum atomic E-state index is 13.5. The Labute approximate surface area is 113 Å². The third kappa shape index (κ3) is 3.30. The summed E-state index contributed by atoms with van der Waals surface area (Å²) in [6.07, 6.45) is 1.15. The highest BCUT2D eigenvalue weighted by Crippen LogP contribution is 2.22. The van der Waals surface area contributed by atoms with Gasteiger partial charge >= 0.3 is 0 Å². The summed E-state index contributed by atoms with van der Waals surface area (Å²) in [4.78, 5) is 8.90. The first kappa shape index (κ1) is 13.0. The molecule has 0 radical (unpaired) electrons. The zero-order valence-corrected chi connectivity index (χ0v) is 11.3. The fraction of sp³-hybridized carbons (Fsp3) is 0.273. The van der Waals surface area contributed by atoms with Crippen molar-refractivity contribution in [3.05, 3.63) is 33.4 Å². The molecule has 0 amide bonds. The van der Waals surface area contributed by atoms with E-state index >= 15 is 0 Å². The number of anilines is 2. The number of thiophene rings is 1. The molecule has 2 rings (SSSR count). The van der Waals surface area contributed by atoms with Gasteiger partial charge in [-0.05, 0) is 19.1 Å². The van der Waals surface area contributed by atoms with E-state index in [-0.39, 0.29) is 5.82 Å². The van der Waals surface area contributed by atoms with Gasteiger partial charge in [0.2, 0.25) is 5.95 Å². The lowest BCUT2D eigenvalue weighted by atomic mass is 10.4. The van der Waals surface area contributed by atoms with E-state index in [4.69, 9.17) is 11.6 Å². The van der Waals surface area contributed by atoms with Crippen LogP contribution in [0.4, 0.5) is 16.2 Å². The monoisotopic (exact) mass is 286 g/mol. The first-order valence-electron chi connectivity index (χ1n) is 5.43. The minimum atomic E-state index is -0.473. The number of hydrogen-bond acceptors (Lipinski definition) is 5. The molecule has 0 bridgehead atoms. The van der Waals surface area contributed by atoms with Crippen molar-refractivity contribution in [2.75, 3.05) is 17.2 Å². The second-order valence-corrected chi connectivity index (χ2v) is 5.28. The molecule has 0 atom stereocenters. The molecule has 0 fully saturated rings. The minimum absolute atomic E-state index is 0.186. The summed E-state index contributed by atoms with van der Waals surface area (Å²) < 4.78 is 14.2. The van der Waals surface area contributed by atoms with Gasteiger partial charge in [0.15, 0.2) is 11.6 Å². The van der Waals surface area contributed by atoms with Crippen LogP contribution < -0.4 is 10.6 Å². The van der Waals surface area contributed by atoms with Crippen LogP contribution in [0.15, 0.2) is 18.3 Å². The van der Waals surface area contributed by atoms with Gasteiger partial charge in [-0.3, -0.25) is 0 Å². The maximum Gasteiger partial charge on any atom is 0.224 e. The van der Waals surface area contributed by atoms with E-state index in [1.165, 1.54) is 11.3 Å². The maximum absolute atomic E-state index is 13.5. The summed E-state index contributed by atoms with van der Waals surface area (Å²) in [6.45, 7) is 3.09. The molecule has 2 aromatic heterocycles. The molecule has 7 heteroatoms. The van der Waals surface area contributed by atoms with Gasteiger partial charge in [-0.15, -0.1) is 11.3 Å². The van der Waals surface area contributed by atoms with Gasteiger partial charge in [0.25, 0.3) is 0 Å². The highest BCUT2D eigenvalue weighted by Gasteiger charge is 2.07. The number of halogens is 2. The van der Waals surface area contributed by atoms with Crippen LogP contribution in [0, 0.1) is 5.82 Å². The van der Waals surface area contributed by atoms with Crippen LogP contribution >= 0.6 is 22.9 Å². The molecule has 0 aliphatic heterocycles. The molecule has 0 aromatic carbocycles. The third-order valence-corrected chi connectivity index (χ3v) is 3.37. The van der Waals surface area contributed by atoms with Crippen molar-refractivity contribution in [3.8, 4) is 0 Å². The first-order valence-corrected chi connectivity index (χ1v) is 6.63. The van der Waals surface area contributed by atoms with Gasteiger partial charge in [-0.1, -0.05) is 11.6 Å². The molecule has 0 aliphatic rings. The van der Waals surface area contributed by atoms with E-state index in [1.54, 1.807) is 0 Å². The lowest BCUT2D eigenvalue weighted by Crippen LogP contribution is -2.07. The SMILES string of the molecule is CCNc1ncc(F)c(NCc2ccc(Cl)s2)n1. The van der Waals surface area contributed by atoms with Gasteiger partial charge in [0, 0.05) is 11.4 Å². The van der Waals surface area contributed by atoms with Crippen molar-refractivity contribution >= 4 is 34.7 Å². The minimum Gasteiger partial charge on any atom is -0.363 e. The molecule has 4 nitrogen and oxygen atoms in total. The van der Waals surface area contributed by atoms with Crippen molar-refractivity contribution in [2.45, 2.75) is 13.5 Å². The lowest BCUT2D eigenvalue weighted by molar-refractivity contribution is 0.617. The molecule has 0 spiro atoms. The second kappa shape index (κ2) is 5.97. The highest BCUT2D eigenvalue weighted by atomic mass is 35.5. The molecule has 18 heavy (non-hydrogen) atoms. The zero-order valence-electron chi connectivity index (χ0n) is 9.70. The summed E-state index contributed by atoms with van der Waals surface area (Å²) in [5, 5.41) is 5.86. The summed E-state index contributed by atoms with van der Waals surface area (Å²) in [5.41, 5.74) is 0.